The maximum Gasteiger partial charge on any atom is 0.352 e. The first-order chi connectivity index (χ1) is 19.7. The van der Waals surface area contributed by atoms with Crippen LogP contribution in [0.25, 0.3) is 11.2 Å². The summed E-state index contributed by atoms with van der Waals surface area (Å²) < 4.78 is 20.4. The first-order valence-electron chi connectivity index (χ1n) is 12.4. The Hall–Kier alpha value is -4.16. The van der Waals surface area contributed by atoms with Gasteiger partial charge in [0.2, 0.25) is 17.4 Å². The van der Waals surface area contributed by atoms with E-state index in [0.29, 0.717) is 24.3 Å². The Morgan fingerprint density at radius 3 is 2.88 bits per heavy atom. The van der Waals surface area contributed by atoms with E-state index in [1.165, 1.54) is 11.8 Å². The van der Waals surface area contributed by atoms with Crippen LogP contribution in [0.4, 0.5) is 9.52 Å². The SMILES string of the molecule is Cc1nc2c(ccc[n+]2CC2=C(C(=O)O)N3C(=O)C(NC(=O)/C(=N\OCF)c4nsc(N)n4)C3SC2)n1CCCN. The number of imidazole rings is 1. The minimum atomic E-state index is -1.31. The lowest BCUT2D eigenvalue weighted by Gasteiger charge is -2.49. The molecule has 1 fully saturated rings. The Morgan fingerprint density at radius 2 is 2.20 bits per heavy atom. The van der Waals surface area contributed by atoms with Crippen molar-refractivity contribution in [2.24, 2.45) is 10.9 Å². The first-order valence-corrected chi connectivity index (χ1v) is 14.2. The van der Waals surface area contributed by atoms with Crippen molar-refractivity contribution in [3.8, 4) is 0 Å². The summed E-state index contributed by atoms with van der Waals surface area (Å²) >= 11 is 2.10. The van der Waals surface area contributed by atoms with Gasteiger partial charge in [0, 0.05) is 36.3 Å². The molecule has 3 aromatic rings. The zero-order valence-electron chi connectivity index (χ0n) is 21.7. The van der Waals surface area contributed by atoms with Gasteiger partial charge in [-0.2, -0.15) is 9.36 Å². The number of amides is 2. The second kappa shape index (κ2) is 11.8. The number of aryl methyl sites for hydroxylation is 2. The molecule has 3 aromatic heterocycles. The number of carbonyl (C=O) groups is 3. The number of fused-ring (bicyclic) bond motifs is 2. The lowest BCUT2D eigenvalue weighted by Crippen LogP contribution is -2.71. The van der Waals surface area contributed by atoms with E-state index >= 15 is 0 Å². The van der Waals surface area contributed by atoms with Gasteiger partial charge in [0.05, 0.1) is 6.20 Å². The summed E-state index contributed by atoms with van der Waals surface area (Å²) in [7, 11) is 0. The zero-order chi connectivity index (χ0) is 29.3. The highest BCUT2D eigenvalue weighted by atomic mass is 32.2. The number of aliphatic carboxylic acids is 1. The average Bonchev–Trinajstić information content (AvgIpc) is 3.52. The molecule has 2 amide bonds. The van der Waals surface area contributed by atoms with Crippen LogP contribution in [0.2, 0.25) is 0 Å². The van der Waals surface area contributed by atoms with Crippen molar-refractivity contribution in [3.63, 3.8) is 0 Å². The second-order valence-electron chi connectivity index (χ2n) is 9.05. The number of thioether (sulfide) groups is 1. The van der Waals surface area contributed by atoms with Crippen LogP contribution in [0.15, 0.2) is 34.8 Å². The lowest BCUT2D eigenvalue weighted by molar-refractivity contribution is -0.664. The number of aromatic nitrogens is 5. The van der Waals surface area contributed by atoms with Gasteiger partial charge in [-0.25, -0.2) is 13.8 Å². The number of carboxylic acids is 1. The van der Waals surface area contributed by atoms with Crippen LogP contribution in [0, 0.1) is 6.92 Å². The molecule has 5 heterocycles. The number of hydrogen-bond acceptors (Lipinski definition) is 12. The van der Waals surface area contributed by atoms with E-state index in [1.54, 1.807) is 0 Å². The number of pyridine rings is 1. The fourth-order valence-electron chi connectivity index (χ4n) is 4.73. The molecule has 2 aliphatic rings. The number of nitrogens with zero attached hydrogens (tertiary/aromatic N) is 7. The molecule has 0 spiro atoms. The van der Waals surface area contributed by atoms with Crippen LogP contribution >= 0.6 is 23.3 Å². The van der Waals surface area contributed by atoms with Crippen LogP contribution in [-0.2, 0) is 32.3 Å². The Morgan fingerprint density at radius 1 is 1.39 bits per heavy atom. The third-order valence-electron chi connectivity index (χ3n) is 6.53. The normalized spacial score (nSPS) is 18.9. The molecule has 0 bridgehead atoms. The molecule has 41 heavy (non-hydrogen) atoms. The smallest absolute Gasteiger partial charge is 0.352 e. The van der Waals surface area contributed by atoms with Gasteiger partial charge >= 0.3 is 11.6 Å². The van der Waals surface area contributed by atoms with E-state index < -0.39 is 41.8 Å². The number of alkyl halides is 1. The van der Waals surface area contributed by atoms with Crippen LogP contribution in [0.5, 0.6) is 0 Å². The maximum atomic E-state index is 13.2. The van der Waals surface area contributed by atoms with E-state index in [1.807, 2.05) is 29.8 Å². The summed E-state index contributed by atoms with van der Waals surface area (Å²) in [5, 5.41) is 15.4. The maximum absolute atomic E-state index is 13.2. The number of nitrogen functional groups attached to an aromatic ring is 1. The Kier molecular flexibility index (Phi) is 8.13. The highest BCUT2D eigenvalue weighted by molar-refractivity contribution is 8.00. The Bertz CT molecular complexity index is 1590. The summed E-state index contributed by atoms with van der Waals surface area (Å²) in [6, 6.07) is 2.74. The second-order valence-corrected chi connectivity index (χ2v) is 10.9. The van der Waals surface area contributed by atoms with Gasteiger partial charge < -0.3 is 31.3 Å². The monoisotopic (exact) mass is 605 g/mol. The minimum Gasteiger partial charge on any atom is -0.477 e. The van der Waals surface area contributed by atoms with Gasteiger partial charge in [-0.1, -0.05) is 5.16 Å². The molecule has 2 aliphatic heterocycles. The molecule has 18 heteroatoms. The molecule has 1 saturated heterocycles. The number of nitrogens with one attached hydrogen (secondary N) is 1. The van der Waals surface area contributed by atoms with Crippen molar-refractivity contribution in [1.29, 1.82) is 0 Å². The van der Waals surface area contributed by atoms with Crippen LogP contribution < -0.4 is 21.4 Å². The fraction of sp³-hybridized carbons (Fsp3) is 0.391. The van der Waals surface area contributed by atoms with Gasteiger partial charge in [-0.05, 0) is 30.1 Å². The van der Waals surface area contributed by atoms with Crippen LogP contribution in [0.3, 0.4) is 0 Å². The molecule has 15 nitrogen and oxygen atoms in total. The van der Waals surface area contributed by atoms with E-state index in [0.717, 1.165) is 34.2 Å². The van der Waals surface area contributed by atoms with Gasteiger partial charge in [0.15, 0.2) is 5.13 Å². The standard InChI is InChI=1S/C23H25FN10O5S2/c1-11-27-18-13(33(11)7-3-5-25)4-2-6-32(18)8-12-9-40-21-15(20(36)34(21)16(12)22(37)38)28-19(35)14(30-39-10-24)17-29-23(26)41-31-17/h2,4,6,15,21H,3,5,7-10,25H2,1H3,(H3-,26,28,29,31,35,37,38)/p+1/b30-14-. The van der Waals surface area contributed by atoms with Gasteiger partial charge in [0.25, 0.3) is 18.7 Å². The summed E-state index contributed by atoms with van der Waals surface area (Å²) in [5.41, 5.74) is 12.7. The zero-order valence-corrected chi connectivity index (χ0v) is 23.3. The Labute approximate surface area is 240 Å². The van der Waals surface area contributed by atoms with Crippen molar-refractivity contribution in [1.82, 2.24) is 29.1 Å². The quantitative estimate of drug-likeness (QED) is 0.0948. The highest BCUT2D eigenvalue weighted by Gasteiger charge is 2.54. The van der Waals surface area contributed by atoms with Gasteiger partial charge in [-0.3, -0.25) is 14.5 Å². The van der Waals surface area contributed by atoms with Crippen molar-refractivity contribution in [2.75, 3.05) is 24.9 Å². The number of rotatable bonds is 11. The molecule has 6 N–H and O–H groups in total. The summed E-state index contributed by atoms with van der Waals surface area (Å²) in [4.78, 5) is 52.6. The van der Waals surface area contributed by atoms with E-state index in [4.69, 9.17) is 16.5 Å². The third-order valence-corrected chi connectivity index (χ3v) is 8.41. The molecule has 0 radical (unpaired) electrons. The largest absolute Gasteiger partial charge is 0.477 e. The molecular weight excluding hydrogens is 579 g/mol. The Balaban J connectivity index is 1.38. The summed E-state index contributed by atoms with van der Waals surface area (Å²) in [5.74, 6) is -1.88. The molecule has 0 aliphatic carbocycles. The number of nitrogens with two attached hydrogens (primary N) is 2. The number of hydrogen-bond donors (Lipinski definition) is 4. The minimum absolute atomic E-state index is 0.0456. The average molecular weight is 606 g/mol. The van der Waals surface area contributed by atoms with Gasteiger partial charge in [0.1, 0.15) is 29.2 Å². The topological polar surface area (TPSA) is 208 Å². The van der Waals surface area contributed by atoms with Crippen molar-refractivity contribution in [3.05, 3.63) is 41.2 Å². The molecule has 0 saturated carbocycles. The highest BCUT2D eigenvalue weighted by Crippen LogP contribution is 2.40. The molecule has 2 atom stereocenters. The predicted molar refractivity (Wildman–Crippen MR) is 146 cm³/mol. The summed E-state index contributed by atoms with van der Waals surface area (Å²) in [6.45, 7) is 2.04. The number of carbonyl (C=O) groups excluding carboxylic acids is 2. The fourth-order valence-corrected chi connectivity index (χ4v) is 6.50. The number of oxime groups is 1. The molecule has 2 unspecified atom stereocenters. The lowest BCUT2D eigenvalue weighted by atomic mass is 10.0. The first kappa shape index (κ1) is 28.4. The molecule has 0 aromatic carbocycles. The van der Waals surface area contributed by atoms with E-state index in [9.17, 15) is 23.9 Å². The number of β-lactam (4-membered cyclic amide) rings is 1. The molecular formula is C23H26FN10O5S2+. The molecule has 5 rings (SSSR count). The predicted octanol–water partition coefficient (Wildman–Crippen LogP) is -0.499. The van der Waals surface area contributed by atoms with Crippen molar-refractivity contribution in [2.45, 2.75) is 37.8 Å². The summed E-state index contributed by atoms with van der Waals surface area (Å²) in [6.07, 6.45) is 2.60. The third kappa shape index (κ3) is 5.32. The van der Waals surface area contributed by atoms with Crippen molar-refractivity contribution < 1.29 is 33.3 Å². The number of carboxylic acid groups (broad SMARTS) is 1. The van der Waals surface area contributed by atoms with Gasteiger partial charge in [-0.15, -0.1) is 11.8 Å². The van der Waals surface area contributed by atoms with Crippen LogP contribution in [-0.4, -0.2) is 83.0 Å². The van der Waals surface area contributed by atoms with Crippen LogP contribution in [0.1, 0.15) is 18.1 Å². The number of halogens is 1. The van der Waals surface area contributed by atoms with Crippen molar-refractivity contribution >= 4 is 63.1 Å². The number of anilines is 1. The van der Waals surface area contributed by atoms with E-state index in [-0.39, 0.29) is 29.0 Å². The molecule has 216 valence electrons. The van der Waals surface area contributed by atoms with E-state index in [2.05, 4.69) is 29.2 Å².